The molecule has 2 aromatic heterocycles. The van der Waals surface area contributed by atoms with E-state index in [-0.39, 0.29) is 0 Å². The maximum atomic E-state index is 6.60. The zero-order valence-corrected chi connectivity index (χ0v) is 27.1. The van der Waals surface area contributed by atoms with E-state index < -0.39 is 0 Å². The van der Waals surface area contributed by atoms with Gasteiger partial charge in [0, 0.05) is 32.7 Å². The van der Waals surface area contributed by atoms with Crippen LogP contribution < -0.4 is 5.73 Å². The molecule has 0 spiro atoms. The Morgan fingerprint density at radius 2 is 1.10 bits per heavy atom. The number of furan rings is 2. The smallest absolute Gasteiger partial charge is 0.157 e. The molecule has 0 atom stereocenters. The molecule has 0 radical (unpaired) electrons. The van der Waals surface area contributed by atoms with Crippen molar-refractivity contribution >= 4 is 55.5 Å². The Morgan fingerprint density at radius 1 is 0.460 bits per heavy atom. The van der Waals surface area contributed by atoms with Crippen molar-refractivity contribution in [2.75, 3.05) is 0 Å². The van der Waals surface area contributed by atoms with Crippen LogP contribution in [0.5, 0.6) is 0 Å². The largest absolute Gasteiger partial charge is 0.456 e. The van der Waals surface area contributed by atoms with Crippen LogP contribution >= 0.6 is 0 Å². The molecule has 5 nitrogen and oxygen atoms in total. The number of nitrogens with zero attached hydrogens (tertiary/aromatic N) is 2. The normalized spacial score (nSPS) is 12.4. The first-order valence-corrected chi connectivity index (χ1v) is 16.6. The molecule has 9 aromatic rings. The third kappa shape index (κ3) is 5.41. The van der Waals surface area contributed by atoms with E-state index in [0.29, 0.717) is 18.2 Å². The molecule has 7 aromatic carbocycles. The van der Waals surface area contributed by atoms with E-state index in [2.05, 4.69) is 66.7 Å². The second kappa shape index (κ2) is 12.4. The van der Waals surface area contributed by atoms with E-state index in [9.17, 15) is 0 Å². The molecule has 5 heteroatoms. The van der Waals surface area contributed by atoms with Crippen molar-refractivity contribution < 1.29 is 8.83 Å². The highest BCUT2D eigenvalue weighted by molar-refractivity contribution is 6.12. The summed E-state index contributed by atoms with van der Waals surface area (Å²) in [6.07, 6.45) is 0. The van der Waals surface area contributed by atoms with Gasteiger partial charge in [0.15, 0.2) is 5.84 Å². The summed E-state index contributed by atoms with van der Waals surface area (Å²) in [7, 11) is 0. The number of amidine groups is 2. The minimum absolute atomic E-state index is 0.409. The highest BCUT2D eigenvalue weighted by Gasteiger charge is 2.14. The lowest BCUT2D eigenvalue weighted by Gasteiger charge is -2.07. The van der Waals surface area contributed by atoms with Gasteiger partial charge in [-0.25, -0.2) is 4.99 Å². The molecule has 0 aliphatic rings. The first kappa shape index (κ1) is 29.4. The monoisotopic (exact) mass is 645 g/mol. The number of aliphatic imine (C=N–C) groups is 2. The minimum atomic E-state index is 0.409. The summed E-state index contributed by atoms with van der Waals surface area (Å²) in [4.78, 5) is 9.90. The second-order valence-corrected chi connectivity index (χ2v) is 12.4. The number of fused-ring (bicyclic) bond motifs is 6. The standard InChI is InChI=1S/C45H31N3O2/c46-44(31-20-18-30(19-21-31)29-10-3-1-4-11-29)48-45(32-12-5-2-6-13-32)47-28-35-14-9-17-41-43(35)37-24-22-34(27-42(37)50-41)33-23-25-40-38(26-33)36-15-7-8-16-39(36)49-40/h1-27H,28H2,(H2,46,47,48). The third-order valence-corrected chi connectivity index (χ3v) is 9.24. The molecule has 2 N–H and O–H groups in total. The van der Waals surface area contributed by atoms with Crippen LogP contribution in [0.25, 0.3) is 66.1 Å². The first-order chi connectivity index (χ1) is 24.7. The van der Waals surface area contributed by atoms with Crippen molar-refractivity contribution in [3.05, 3.63) is 180 Å². The highest BCUT2D eigenvalue weighted by Crippen LogP contribution is 2.37. The molecular formula is C45H31N3O2. The highest BCUT2D eigenvalue weighted by atomic mass is 16.3. The molecule has 50 heavy (non-hydrogen) atoms. The van der Waals surface area contributed by atoms with Crippen molar-refractivity contribution in [1.29, 1.82) is 0 Å². The topological polar surface area (TPSA) is 77.0 Å². The van der Waals surface area contributed by atoms with Crippen LogP contribution in [-0.2, 0) is 6.54 Å². The van der Waals surface area contributed by atoms with Gasteiger partial charge < -0.3 is 14.6 Å². The van der Waals surface area contributed by atoms with Crippen molar-refractivity contribution in [2.45, 2.75) is 6.54 Å². The van der Waals surface area contributed by atoms with Crippen LogP contribution in [0.2, 0.25) is 0 Å². The number of benzene rings is 7. The summed E-state index contributed by atoms with van der Waals surface area (Å²) in [5, 5.41) is 4.31. The van der Waals surface area contributed by atoms with Gasteiger partial charge in [-0.1, -0.05) is 127 Å². The lowest BCUT2D eigenvalue weighted by atomic mass is 10.0. The van der Waals surface area contributed by atoms with Crippen LogP contribution in [0, 0.1) is 0 Å². The van der Waals surface area contributed by atoms with Gasteiger partial charge in [-0.3, -0.25) is 4.99 Å². The lowest BCUT2D eigenvalue weighted by Crippen LogP contribution is -2.16. The van der Waals surface area contributed by atoms with Crippen molar-refractivity contribution in [3.8, 4) is 22.3 Å². The maximum absolute atomic E-state index is 6.60. The third-order valence-electron chi connectivity index (χ3n) is 9.24. The van der Waals surface area contributed by atoms with E-state index in [0.717, 1.165) is 82.8 Å². The van der Waals surface area contributed by atoms with Crippen molar-refractivity contribution in [2.24, 2.45) is 15.7 Å². The van der Waals surface area contributed by atoms with Crippen molar-refractivity contribution in [1.82, 2.24) is 0 Å². The number of para-hydroxylation sites is 1. The number of rotatable bonds is 6. The Morgan fingerprint density at radius 3 is 1.94 bits per heavy atom. The van der Waals surface area contributed by atoms with Gasteiger partial charge in [0.25, 0.3) is 0 Å². The average Bonchev–Trinajstić information content (AvgIpc) is 3.75. The first-order valence-electron chi connectivity index (χ1n) is 16.6. The Balaban J connectivity index is 1.06. The fourth-order valence-electron chi connectivity index (χ4n) is 6.70. The van der Waals surface area contributed by atoms with Gasteiger partial charge in [0.05, 0.1) is 6.54 Å². The average molecular weight is 646 g/mol. The lowest BCUT2D eigenvalue weighted by molar-refractivity contribution is 0.668. The van der Waals surface area contributed by atoms with Crippen LogP contribution in [0.1, 0.15) is 16.7 Å². The van der Waals surface area contributed by atoms with E-state index in [1.807, 2.05) is 97.1 Å². The summed E-state index contributed by atoms with van der Waals surface area (Å²) in [6, 6.07) is 55.5. The fourth-order valence-corrected chi connectivity index (χ4v) is 6.70. The van der Waals surface area contributed by atoms with Crippen LogP contribution in [0.4, 0.5) is 0 Å². The fraction of sp³-hybridized carbons (Fsp3) is 0.0222. The summed E-state index contributed by atoms with van der Waals surface area (Å²) >= 11 is 0. The van der Waals surface area contributed by atoms with Gasteiger partial charge in [-0.05, 0) is 64.2 Å². The molecule has 0 aliphatic heterocycles. The van der Waals surface area contributed by atoms with Gasteiger partial charge in [0.2, 0.25) is 0 Å². The summed E-state index contributed by atoms with van der Waals surface area (Å²) < 4.78 is 12.5. The van der Waals surface area contributed by atoms with Gasteiger partial charge >= 0.3 is 0 Å². The molecule has 0 saturated carbocycles. The molecule has 0 fully saturated rings. The van der Waals surface area contributed by atoms with Crippen molar-refractivity contribution in [3.63, 3.8) is 0 Å². The maximum Gasteiger partial charge on any atom is 0.157 e. The molecule has 0 saturated heterocycles. The summed E-state index contributed by atoms with van der Waals surface area (Å²) in [5.41, 5.74) is 17.3. The molecule has 0 bridgehead atoms. The zero-order valence-electron chi connectivity index (χ0n) is 27.1. The molecule has 9 rings (SSSR count). The predicted octanol–water partition coefficient (Wildman–Crippen LogP) is 11.2. The van der Waals surface area contributed by atoms with Crippen LogP contribution in [0.15, 0.2) is 183 Å². The summed E-state index contributed by atoms with van der Waals surface area (Å²) in [6.45, 7) is 0.409. The van der Waals surface area contributed by atoms with E-state index in [4.69, 9.17) is 24.6 Å². The number of hydrogen-bond donors (Lipinski definition) is 1. The summed E-state index contributed by atoms with van der Waals surface area (Å²) in [5.74, 6) is 0.984. The zero-order chi connectivity index (χ0) is 33.4. The van der Waals surface area contributed by atoms with E-state index >= 15 is 0 Å². The molecule has 0 amide bonds. The van der Waals surface area contributed by atoms with E-state index in [1.54, 1.807) is 0 Å². The minimum Gasteiger partial charge on any atom is -0.456 e. The Kier molecular flexibility index (Phi) is 7.29. The number of hydrogen-bond acceptors (Lipinski definition) is 3. The molecular weight excluding hydrogens is 615 g/mol. The SMILES string of the molecule is NC(=NC(=NCc1cccc2oc3cc(-c4ccc5oc6ccccc6c5c4)ccc3c12)c1ccccc1)c1ccc(-c2ccccc2)cc1. The second-order valence-electron chi connectivity index (χ2n) is 12.4. The predicted molar refractivity (Wildman–Crippen MR) is 206 cm³/mol. The van der Waals surface area contributed by atoms with E-state index in [1.165, 1.54) is 0 Å². The molecule has 0 aliphatic carbocycles. The van der Waals surface area contributed by atoms with Gasteiger partial charge in [-0.2, -0.15) is 0 Å². The molecule has 2 heterocycles. The Hall–Kier alpha value is -6.72. The molecule has 238 valence electrons. The Labute approximate surface area is 288 Å². The van der Waals surface area contributed by atoms with Gasteiger partial charge in [-0.15, -0.1) is 0 Å². The van der Waals surface area contributed by atoms with Crippen LogP contribution in [-0.4, -0.2) is 11.7 Å². The quantitative estimate of drug-likeness (QED) is 0.144. The number of nitrogens with two attached hydrogens (primary N) is 1. The van der Waals surface area contributed by atoms with Crippen LogP contribution in [0.3, 0.4) is 0 Å². The Bertz CT molecular complexity index is 2720. The van der Waals surface area contributed by atoms with Gasteiger partial charge in [0.1, 0.15) is 28.2 Å². The molecule has 0 unspecified atom stereocenters.